The number of benzene rings is 1. The maximum absolute atomic E-state index is 13.3. The molecule has 3 N–H and O–H groups in total. The number of aliphatic hydroxyl groups excluding tert-OH is 1. The third kappa shape index (κ3) is 4.56. The Morgan fingerprint density at radius 3 is 2.62 bits per heavy atom. The summed E-state index contributed by atoms with van der Waals surface area (Å²) in [7, 11) is 1.34. The lowest BCUT2D eigenvalue weighted by atomic mass is 10.1. The number of halogens is 1. The molecule has 180 valence electrons. The molecule has 2 aromatic heterocycles. The Labute approximate surface area is 198 Å². The second kappa shape index (κ2) is 9.35. The highest BCUT2D eigenvalue weighted by atomic mass is 32.1. The number of aromatic nitrogens is 4. The van der Waals surface area contributed by atoms with Crippen molar-refractivity contribution in [3.05, 3.63) is 47.2 Å². The molecule has 0 saturated carbocycles. The molecule has 1 aromatic carbocycles. The first-order valence-electron chi connectivity index (χ1n) is 10.5. The van der Waals surface area contributed by atoms with Crippen LogP contribution in [0.1, 0.15) is 34.8 Å². The summed E-state index contributed by atoms with van der Waals surface area (Å²) in [4.78, 5) is 36.0. The number of fused-ring (bicyclic) bond motifs is 1. The lowest BCUT2D eigenvalue weighted by molar-refractivity contribution is 0.0645. The summed E-state index contributed by atoms with van der Waals surface area (Å²) in [5.74, 6) is 0.781. The Balaban J connectivity index is 1.69. The van der Waals surface area contributed by atoms with Crippen molar-refractivity contribution in [2.75, 3.05) is 25.5 Å². The molecule has 13 heteroatoms. The van der Waals surface area contributed by atoms with E-state index in [-0.39, 0.29) is 12.5 Å². The van der Waals surface area contributed by atoms with Crippen molar-refractivity contribution in [3.8, 4) is 10.8 Å². The smallest absolute Gasteiger partial charge is 0.407 e. The fourth-order valence-electron chi connectivity index (χ4n) is 3.90. The van der Waals surface area contributed by atoms with Gasteiger partial charge in [0.1, 0.15) is 17.9 Å². The first kappa shape index (κ1) is 23.6. The summed E-state index contributed by atoms with van der Waals surface area (Å²) in [5.41, 5.74) is 1.00. The monoisotopic (exact) mass is 489 g/mol. The van der Waals surface area contributed by atoms with Crippen molar-refractivity contribution in [3.63, 3.8) is 0 Å². The Morgan fingerprint density at radius 1 is 1.29 bits per heavy atom. The first-order chi connectivity index (χ1) is 16.2. The predicted octanol–water partition coefficient (Wildman–Crippen LogP) is 2.41. The number of rotatable bonds is 6. The van der Waals surface area contributed by atoms with Crippen LogP contribution < -0.4 is 5.32 Å². The second-order valence-electron chi connectivity index (χ2n) is 7.97. The van der Waals surface area contributed by atoms with Crippen LogP contribution in [0.5, 0.6) is 0 Å². The number of likely N-dealkylation sites (N-methyl/N-ethyl adjacent to an activating group) is 1. The molecule has 2 amide bonds. The zero-order valence-corrected chi connectivity index (χ0v) is 19.6. The number of imidazole rings is 1. The van der Waals surface area contributed by atoms with E-state index in [0.717, 1.165) is 4.90 Å². The summed E-state index contributed by atoms with van der Waals surface area (Å²) in [5, 5.41) is 23.0. The number of nitrogens with one attached hydrogen (secondary N) is 1. The van der Waals surface area contributed by atoms with Gasteiger partial charge < -0.3 is 29.9 Å². The van der Waals surface area contributed by atoms with E-state index in [1.165, 1.54) is 42.8 Å². The Kier molecular flexibility index (Phi) is 6.48. The van der Waals surface area contributed by atoms with Gasteiger partial charge in [0.15, 0.2) is 16.6 Å². The molecule has 0 aliphatic carbocycles. The Bertz CT molecular complexity index is 1210. The number of anilines is 1. The minimum Gasteiger partial charge on any atom is -0.465 e. The SMILES string of the molecule is Cc1nsc(-c2nc(N[C@H](O)CN(C)C(=O)O)c3n2CCN(C(=O)c2ccc(F)cc2)[C@@H]3C)n1. The van der Waals surface area contributed by atoms with Crippen molar-refractivity contribution in [1.82, 2.24) is 28.7 Å². The molecule has 0 saturated heterocycles. The maximum Gasteiger partial charge on any atom is 0.407 e. The minimum absolute atomic E-state index is 0.193. The van der Waals surface area contributed by atoms with Crippen molar-refractivity contribution in [1.29, 1.82) is 0 Å². The first-order valence-corrected chi connectivity index (χ1v) is 11.3. The molecule has 2 atom stereocenters. The molecule has 3 heterocycles. The molecule has 0 fully saturated rings. The van der Waals surface area contributed by atoms with Crippen LogP contribution in [-0.4, -0.2) is 77.3 Å². The van der Waals surface area contributed by atoms with Crippen LogP contribution in [0.4, 0.5) is 15.0 Å². The van der Waals surface area contributed by atoms with Gasteiger partial charge in [-0.2, -0.15) is 4.37 Å². The van der Waals surface area contributed by atoms with Crippen molar-refractivity contribution < 1.29 is 24.2 Å². The van der Waals surface area contributed by atoms with Gasteiger partial charge in [-0.15, -0.1) is 0 Å². The number of carbonyl (C=O) groups excluding carboxylic acids is 1. The fourth-order valence-corrected chi connectivity index (χ4v) is 4.57. The average Bonchev–Trinajstić information content (AvgIpc) is 3.37. The Morgan fingerprint density at radius 2 is 2.00 bits per heavy atom. The van der Waals surface area contributed by atoms with E-state index in [4.69, 9.17) is 5.11 Å². The second-order valence-corrected chi connectivity index (χ2v) is 8.72. The molecule has 4 rings (SSSR count). The van der Waals surface area contributed by atoms with Crippen molar-refractivity contribution in [2.24, 2.45) is 0 Å². The molecule has 34 heavy (non-hydrogen) atoms. The number of nitrogens with zero attached hydrogens (tertiary/aromatic N) is 6. The summed E-state index contributed by atoms with van der Waals surface area (Å²) < 4.78 is 19.5. The van der Waals surface area contributed by atoms with Gasteiger partial charge in [-0.25, -0.2) is 19.2 Å². The number of carbonyl (C=O) groups is 2. The lowest BCUT2D eigenvalue weighted by Gasteiger charge is -2.35. The average molecular weight is 490 g/mol. The van der Waals surface area contributed by atoms with E-state index < -0.39 is 24.2 Å². The van der Waals surface area contributed by atoms with Gasteiger partial charge in [-0.05, 0) is 49.6 Å². The van der Waals surface area contributed by atoms with Crippen LogP contribution in [0.25, 0.3) is 10.8 Å². The minimum atomic E-state index is -1.24. The maximum atomic E-state index is 13.3. The number of carboxylic acid groups (broad SMARTS) is 1. The summed E-state index contributed by atoms with van der Waals surface area (Å²) in [6, 6.07) is 4.91. The van der Waals surface area contributed by atoms with Gasteiger partial charge in [-0.3, -0.25) is 4.79 Å². The van der Waals surface area contributed by atoms with Gasteiger partial charge in [0, 0.05) is 25.7 Å². The molecule has 0 bridgehead atoms. The number of aliphatic hydroxyl groups is 1. The van der Waals surface area contributed by atoms with Crippen LogP contribution in [0.3, 0.4) is 0 Å². The number of aryl methyl sites for hydroxylation is 1. The van der Waals surface area contributed by atoms with Crippen LogP contribution in [0, 0.1) is 12.7 Å². The van der Waals surface area contributed by atoms with E-state index in [1.807, 2.05) is 11.5 Å². The summed E-state index contributed by atoms with van der Waals surface area (Å²) >= 11 is 1.19. The highest BCUT2D eigenvalue weighted by Gasteiger charge is 2.35. The Hall–Kier alpha value is -3.58. The molecule has 0 unspecified atom stereocenters. The highest BCUT2D eigenvalue weighted by Crippen LogP contribution is 2.37. The standard InChI is InChI=1S/C21H24FN7O4S/c1-11-16-17(24-15(30)10-27(3)21(32)33)25-18(19-23-12(2)26-34-19)29(16)9-8-28(11)20(31)13-4-6-14(22)7-5-13/h4-7,11,15,24,30H,8-10H2,1-3H3,(H,32,33)/t11-,15-/m1/s1. The van der Waals surface area contributed by atoms with Gasteiger partial charge >= 0.3 is 6.09 Å². The van der Waals surface area contributed by atoms with Crippen molar-refractivity contribution >= 4 is 29.4 Å². The lowest BCUT2D eigenvalue weighted by Crippen LogP contribution is -2.42. The van der Waals surface area contributed by atoms with Crippen LogP contribution in [0.15, 0.2) is 24.3 Å². The molecular formula is C21H24FN7O4S. The van der Waals surface area contributed by atoms with E-state index in [9.17, 15) is 19.1 Å². The van der Waals surface area contributed by atoms with Gasteiger partial charge in [0.25, 0.3) is 5.91 Å². The third-order valence-corrected chi connectivity index (χ3v) is 6.38. The fraction of sp³-hybridized carbons (Fsp3) is 0.381. The van der Waals surface area contributed by atoms with Gasteiger partial charge in [0.05, 0.1) is 18.3 Å². The number of hydrogen-bond acceptors (Lipinski definition) is 8. The van der Waals surface area contributed by atoms with Gasteiger partial charge in [-0.1, -0.05) is 0 Å². The predicted molar refractivity (Wildman–Crippen MR) is 122 cm³/mol. The molecule has 3 aromatic rings. The van der Waals surface area contributed by atoms with E-state index in [1.54, 1.807) is 11.8 Å². The van der Waals surface area contributed by atoms with Crippen LogP contribution >= 0.6 is 11.5 Å². The largest absolute Gasteiger partial charge is 0.465 e. The van der Waals surface area contributed by atoms with E-state index in [0.29, 0.717) is 46.8 Å². The number of hydrogen-bond donors (Lipinski definition) is 3. The molecule has 1 aliphatic rings. The molecule has 1 aliphatic heterocycles. The normalized spacial score (nSPS) is 16.1. The quantitative estimate of drug-likeness (QED) is 0.449. The topological polar surface area (TPSA) is 137 Å². The zero-order valence-electron chi connectivity index (χ0n) is 18.8. The summed E-state index contributed by atoms with van der Waals surface area (Å²) in [6.45, 7) is 4.22. The highest BCUT2D eigenvalue weighted by molar-refractivity contribution is 7.09. The number of amides is 2. The molecule has 11 nitrogen and oxygen atoms in total. The molecule has 0 radical (unpaired) electrons. The van der Waals surface area contributed by atoms with Crippen LogP contribution in [0.2, 0.25) is 0 Å². The van der Waals surface area contributed by atoms with Gasteiger partial charge in [0.2, 0.25) is 0 Å². The summed E-state index contributed by atoms with van der Waals surface area (Å²) in [6.07, 6.45) is -2.41. The van der Waals surface area contributed by atoms with E-state index in [2.05, 4.69) is 19.7 Å². The van der Waals surface area contributed by atoms with E-state index >= 15 is 0 Å². The molecule has 0 spiro atoms. The van der Waals surface area contributed by atoms with Crippen molar-refractivity contribution in [2.45, 2.75) is 32.7 Å². The zero-order chi connectivity index (χ0) is 24.6. The third-order valence-electron chi connectivity index (χ3n) is 5.58. The molecular weight excluding hydrogens is 465 g/mol. The van der Waals surface area contributed by atoms with Crippen LogP contribution in [-0.2, 0) is 6.54 Å².